The topological polar surface area (TPSA) is 17.8 Å². The zero-order valence-electron chi connectivity index (χ0n) is 7.38. The van der Waals surface area contributed by atoms with Crippen LogP contribution >= 0.6 is 0 Å². The fourth-order valence-corrected chi connectivity index (χ4v) is 0.847. The third kappa shape index (κ3) is 1.81. The van der Waals surface area contributed by atoms with Gasteiger partial charge < -0.3 is 0 Å². The molecular weight excluding hydrogens is 162 g/mol. The number of hydrogen-bond acceptors (Lipinski definition) is 1. The van der Waals surface area contributed by atoms with Crippen molar-refractivity contribution in [2.45, 2.75) is 32.7 Å². The van der Waals surface area contributed by atoms with Gasteiger partial charge in [-0.2, -0.15) is 13.9 Å². The summed E-state index contributed by atoms with van der Waals surface area (Å²) < 4.78 is 24.8. The third-order valence-electron chi connectivity index (χ3n) is 1.58. The van der Waals surface area contributed by atoms with Crippen molar-refractivity contribution in [1.29, 1.82) is 0 Å². The lowest BCUT2D eigenvalue weighted by Crippen LogP contribution is -2.13. The predicted octanol–water partition coefficient (Wildman–Crippen LogP) is 2.58. The fraction of sp³-hybridized carbons (Fsp3) is 0.625. The molecule has 0 atom stereocenters. The van der Waals surface area contributed by atoms with Crippen molar-refractivity contribution >= 4 is 0 Å². The summed E-state index contributed by atoms with van der Waals surface area (Å²) in [6.45, 7) is 3.27. The lowest BCUT2D eigenvalue weighted by molar-refractivity contribution is 0.0558. The molecule has 0 unspecified atom stereocenters. The maximum atomic E-state index is 12.1. The highest BCUT2D eigenvalue weighted by atomic mass is 19.3. The molecule has 4 heteroatoms. The van der Waals surface area contributed by atoms with E-state index in [1.54, 1.807) is 6.07 Å². The van der Waals surface area contributed by atoms with Crippen LogP contribution in [0.4, 0.5) is 8.78 Å². The maximum absolute atomic E-state index is 12.1. The number of halogens is 2. The first kappa shape index (κ1) is 9.16. The first-order valence-electron chi connectivity index (χ1n) is 3.75. The first-order chi connectivity index (χ1) is 5.41. The molecule has 0 spiro atoms. The van der Waals surface area contributed by atoms with E-state index in [0.29, 0.717) is 10.4 Å². The van der Waals surface area contributed by atoms with E-state index in [4.69, 9.17) is 0 Å². The third-order valence-corrected chi connectivity index (χ3v) is 1.58. The number of alkyl halides is 2. The minimum Gasteiger partial charge on any atom is -0.211 e. The summed E-state index contributed by atoms with van der Waals surface area (Å²) in [7, 11) is 0. The van der Waals surface area contributed by atoms with Gasteiger partial charge in [0, 0.05) is 11.6 Å². The molecule has 1 rings (SSSR count). The molecule has 0 aliphatic heterocycles. The monoisotopic (exact) mass is 174 g/mol. The molecule has 0 aliphatic carbocycles. The average Bonchev–Trinajstić information content (AvgIpc) is 2.30. The molecular formula is C8H12F2N2. The lowest BCUT2D eigenvalue weighted by atomic mass is 9.93. The summed E-state index contributed by atoms with van der Waals surface area (Å²) in [5, 5.41) is 3.75. The minimum atomic E-state index is -2.54. The smallest absolute Gasteiger partial charge is 0.211 e. The molecule has 0 fully saturated rings. The fourth-order valence-electron chi connectivity index (χ4n) is 0.847. The van der Waals surface area contributed by atoms with Crippen LogP contribution in [0.2, 0.25) is 0 Å². The molecule has 0 N–H and O–H groups in total. The summed E-state index contributed by atoms with van der Waals surface area (Å²) in [5.41, 5.74) is 0.517. The van der Waals surface area contributed by atoms with Crippen molar-refractivity contribution < 1.29 is 8.78 Å². The molecule has 0 aliphatic rings. The van der Waals surface area contributed by atoms with Crippen LogP contribution in [-0.4, -0.2) is 9.78 Å². The van der Waals surface area contributed by atoms with Gasteiger partial charge in [0.1, 0.15) is 0 Å². The molecule has 0 amide bonds. The van der Waals surface area contributed by atoms with Crippen LogP contribution in [0.15, 0.2) is 12.3 Å². The quantitative estimate of drug-likeness (QED) is 0.639. The van der Waals surface area contributed by atoms with Gasteiger partial charge >= 0.3 is 6.55 Å². The van der Waals surface area contributed by atoms with Gasteiger partial charge in [-0.15, -0.1) is 0 Å². The molecule has 1 aromatic heterocycles. The summed E-state index contributed by atoms with van der Waals surface area (Å²) in [6.07, 6.45) is 1.30. The zero-order valence-corrected chi connectivity index (χ0v) is 7.38. The van der Waals surface area contributed by atoms with Crippen LogP contribution in [0.1, 0.15) is 33.0 Å². The average molecular weight is 174 g/mol. The van der Waals surface area contributed by atoms with Crippen LogP contribution in [0.5, 0.6) is 0 Å². The molecule has 1 heterocycles. The number of hydrogen-bond donors (Lipinski definition) is 0. The second-order valence-electron chi connectivity index (χ2n) is 3.71. The minimum absolute atomic E-state index is 0.167. The summed E-state index contributed by atoms with van der Waals surface area (Å²) in [6, 6.07) is 1.62. The molecule has 0 aromatic carbocycles. The summed E-state index contributed by atoms with van der Waals surface area (Å²) >= 11 is 0. The van der Waals surface area contributed by atoms with Gasteiger partial charge in [-0.1, -0.05) is 20.8 Å². The van der Waals surface area contributed by atoms with Gasteiger partial charge in [-0.05, 0) is 6.07 Å². The van der Waals surface area contributed by atoms with E-state index in [2.05, 4.69) is 5.10 Å². The standard InChI is InChI=1S/C8H12F2N2/c1-8(2,3)6-4-5-12(11-6)7(9)10/h4-5,7H,1-3H3. The van der Waals surface area contributed by atoms with Crippen molar-refractivity contribution in [3.05, 3.63) is 18.0 Å². The van der Waals surface area contributed by atoms with E-state index in [9.17, 15) is 8.78 Å². The Morgan fingerprint density at radius 2 is 2.00 bits per heavy atom. The van der Waals surface area contributed by atoms with Crippen LogP contribution in [0.3, 0.4) is 0 Å². The number of aromatic nitrogens is 2. The van der Waals surface area contributed by atoms with Crippen molar-refractivity contribution in [3.63, 3.8) is 0 Å². The Kier molecular flexibility index (Phi) is 2.17. The molecule has 12 heavy (non-hydrogen) atoms. The predicted molar refractivity (Wildman–Crippen MR) is 42.2 cm³/mol. The Morgan fingerprint density at radius 3 is 2.25 bits per heavy atom. The van der Waals surface area contributed by atoms with Crippen molar-refractivity contribution in [2.75, 3.05) is 0 Å². The van der Waals surface area contributed by atoms with Gasteiger partial charge in [0.05, 0.1) is 5.69 Å². The van der Waals surface area contributed by atoms with Gasteiger partial charge in [0.15, 0.2) is 0 Å². The van der Waals surface area contributed by atoms with E-state index in [0.717, 1.165) is 0 Å². The van der Waals surface area contributed by atoms with Crippen molar-refractivity contribution in [1.82, 2.24) is 9.78 Å². The normalized spacial score (nSPS) is 12.5. The SMILES string of the molecule is CC(C)(C)c1ccn(C(F)F)n1. The Labute approximate surface area is 70.2 Å². The van der Waals surface area contributed by atoms with E-state index < -0.39 is 6.55 Å². The summed E-state index contributed by atoms with van der Waals surface area (Å²) in [4.78, 5) is 0. The van der Waals surface area contributed by atoms with Gasteiger partial charge in [0.2, 0.25) is 0 Å². The second kappa shape index (κ2) is 2.84. The van der Waals surface area contributed by atoms with Crippen LogP contribution in [0, 0.1) is 0 Å². The van der Waals surface area contributed by atoms with Crippen LogP contribution in [-0.2, 0) is 5.41 Å². The van der Waals surface area contributed by atoms with E-state index in [1.807, 2.05) is 20.8 Å². The molecule has 2 nitrogen and oxygen atoms in total. The van der Waals surface area contributed by atoms with Gasteiger partial charge in [-0.25, -0.2) is 4.68 Å². The molecule has 0 bridgehead atoms. The highest BCUT2D eigenvalue weighted by Gasteiger charge is 2.18. The number of nitrogens with zero attached hydrogens (tertiary/aromatic N) is 2. The zero-order chi connectivity index (χ0) is 9.35. The Morgan fingerprint density at radius 1 is 1.42 bits per heavy atom. The van der Waals surface area contributed by atoms with Crippen LogP contribution in [0.25, 0.3) is 0 Å². The molecule has 1 aromatic rings. The second-order valence-corrected chi connectivity index (χ2v) is 3.71. The molecule has 0 saturated carbocycles. The van der Waals surface area contributed by atoms with E-state index >= 15 is 0 Å². The van der Waals surface area contributed by atoms with E-state index in [-0.39, 0.29) is 5.41 Å². The first-order valence-corrected chi connectivity index (χ1v) is 3.75. The van der Waals surface area contributed by atoms with Gasteiger partial charge in [0.25, 0.3) is 0 Å². The largest absolute Gasteiger partial charge is 0.333 e. The summed E-state index contributed by atoms with van der Waals surface area (Å²) in [5.74, 6) is 0. The Bertz CT molecular complexity index is 260. The highest BCUT2D eigenvalue weighted by molar-refractivity contribution is 5.10. The maximum Gasteiger partial charge on any atom is 0.333 e. The van der Waals surface area contributed by atoms with Crippen LogP contribution < -0.4 is 0 Å². The molecule has 0 radical (unpaired) electrons. The lowest BCUT2D eigenvalue weighted by Gasteiger charge is -2.14. The Balaban J connectivity index is 2.92. The molecule has 0 saturated heterocycles. The highest BCUT2D eigenvalue weighted by Crippen LogP contribution is 2.21. The molecule has 68 valence electrons. The van der Waals surface area contributed by atoms with Gasteiger partial charge in [-0.3, -0.25) is 0 Å². The van der Waals surface area contributed by atoms with Crippen molar-refractivity contribution in [2.24, 2.45) is 0 Å². The van der Waals surface area contributed by atoms with Crippen molar-refractivity contribution in [3.8, 4) is 0 Å². The van der Waals surface area contributed by atoms with E-state index in [1.165, 1.54) is 6.20 Å². The Hall–Kier alpha value is -0.930. The number of rotatable bonds is 1.